The summed E-state index contributed by atoms with van der Waals surface area (Å²) in [4.78, 5) is 8.36. The molecule has 0 rings (SSSR count). The van der Waals surface area contributed by atoms with Crippen molar-refractivity contribution in [2.45, 2.75) is 156 Å². The molecule has 0 aromatic heterocycles. The number of hydrogen-bond donors (Lipinski definition) is 1. The molecule has 0 amide bonds. The van der Waals surface area contributed by atoms with Crippen LogP contribution in [0.4, 0.5) is 0 Å². The molecule has 1 N–H and O–H groups in total. The largest absolute Gasteiger partial charge is 0.483 e. The standard InChI is InChI=1S/C28H60N.CH2O2/c1-5-9-13-14-15-16-17-18-19-20-21-22-23-24-28-29(25-10-6-2,26-11-7-3)27-12-8-4;2-1-3/h5-28H2,1-4H3;1H,(H,2,3)/q+1;. The van der Waals surface area contributed by atoms with Crippen LogP contribution in [0.15, 0.2) is 0 Å². The summed E-state index contributed by atoms with van der Waals surface area (Å²) >= 11 is 0. The van der Waals surface area contributed by atoms with Gasteiger partial charge in [-0.25, -0.2) is 0 Å². The van der Waals surface area contributed by atoms with Gasteiger partial charge in [-0.2, -0.15) is 0 Å². The minimum absolute atomic E-state index is 0.250. The van der Waals surface area contributed by atoms with E-state index in [0.29, 0.717) is 0 Å². The molecule has 0 unspecified atom stereocenters. The van der Waals surface area contributed by atoms with Gasteiger partial charge in [-0.05, 0) is 32.1 Å². The second kappa shape index (κ2) is 28.5. The molecule has 0 spiro atoms. The van der Waals surface area contributed by atoms with E-state index < -0.39 is 0 Å². The summed E-state index contributed by atoms with van der Waals surface area (Å²) in [5, 5.41) is 6.89. The Morgan fingerprint density at radius 1 is 0.438 bits per heavy atom. The lowest BCUT2D eigenvalue weighted by molar-refractivity contribution is -0.929. The van der Waals surface area contributed by atoms with Gasteiger partial charge in [0, 0.05) is 0 Å². The molecule has 0 saturated heterocycles. The van der Waals surface area contributed by atoms with Crippen molar-refractivity contribution in [2.24, 2.45) is 0 Å². The molecule has 0 radical (unpaired) electrons. The first-order chi connectivity index (χ1) is 15.7. The number of rotatable bonds is 24. The third kappa shape index (κ3) is 24.1. The highest BCUT2D eigenvalue weighted by Gasteiger charge is 2.24. The van der Waals surface area contributed by atoms with Gasteiger partial charge in [0.2, 0.25) is 0 Å². The van der Waals surface area contributed by atoms with Crippen molar-refractivity contribution < 1.29 is 14.4 Å². The zero-order chi connectivity index (χ0) is 24.2. The first-order valence-electron chi connectivity index (χ1n) is 14.6. The Morgan fingerprint density at radius 3 is 0.938 bits per heavy atom. The van der Waals surface area contributed by atoms with Gasteiger partial charge in [0.1, 0.15) is 0 Å². The van der Waals surface area contributed by atoms with Crippen LogP contribution in [0.3, 0.4) is 0 Å². The van der Waals surface area contributed by atoms with E-state index in [1.165, 1.54) is 159 Å². The lowest BCUT2D eigenvalue weighted by Gasteiger charge is -2.39. The second-order valence-electron chi connectivity index (χ2n) is 10.00. The molecular formula is C29H62NO2+. The lowest BCUT2D eigenvalue weighted by Crippen LogP contribution is -2.50. The number of carboxylic acid groups (broad SMARTS) is 1. The molecule has 0 heterocycles. The molecule has 3 nitrogen and oxygen atoms in total. The summed E-state index contributed by atoms with van der Waals surface area (Å²) < 4.78 is 1.44. The molecule has 0 atom stereocenters. The van der Waals surface area contributed by atoms with Crippen molar-refractivity contribution in [3.05, 3.63) is 0 Å². The van der Waals surface area contributed by atoms with Crippen LogP contribution in [0.25, 0.3) is 0 Å². The zero-order valence-corrected chi connectivity index (χ0v) is 22.9. The average Bonchev–Trinajstić information content (AvgIpc) is 2.80. The van der Waals surface area contributed by atoms with E-state index in [2.05, 4.69) is 27.7 Å². The van der Waals surface area contributed by atoms with Gasteiger partial charge in [0.25, 0.3) is 6.47 Å². The van der Waals surface area contributed by atoms with Gasteiger partial charge in [0.05, 0.1) is 26.2 Å². The molecule has 0 saturated carbocycles. The van der Waals surface area contributed by atoms with Gasteiger partial charge in [0.15, 0.2) is 0 Å². The van der Waals surface area contributed by atoms with Crippen molar-refractivity contribution in [1.29, 1.82) is 0 Å². The summed E-state index contributed by atoms with van der Waals surface area (Å²) in [6.45, 7) is 14.9. The van der Waals surface area contributed by atoms with Crippen molar-refractivity contribution >= 4 is 6.47 Å². The zero-order valence-electron chi connectivity index (χ0n) is 22.9. The quantitative estimate of drug-likeness (QED) is 0.0892. The van der Waals surface area contributed by atoms with E-state index >= 15 is 0 Å². The van der Waals surface area contributed by atoms with Crippen LogP contribution in [0, 0.1) is 0 Å². The Kier molecular flexibility index (Phi) is 29.9. The molecule has 3 heteroatoms. The van der Waals surface area contributed by atoms with Crippen LogP contribution >= 0.6 is 0 Å². The van der Waals surface area contributed by atoms with Crippen molar-refractivity contribution in [1.82, 2.24) is 0 Å². The highest BCUT2D eigenvalue weighted by atomic mass is 16.3. The maximum absolute atomic E-state index is 8.36. The van der Waals surface area contributed by atoms with E-state index in [4.69, 9.17) is 9.90 Å². The molecule has 0 aromatic carbocycles. The van der Waals surface area contributed by atoms with Crippen molar-refractivity contribution in [3.8, 4) is 0 Å². The van der Waals surface area contributed by atoms with Gasteiger partial charge >= 0.3 is 0 Å². The topological polar surface area (TPSA) is 37.3 Å². The van der Waals surface area contributed by atoms with Crippen LogP contribution < -0.4 is 0 Å². The summed E-state index contributed by atoms with van der Waals surface area (Å²) in [6.07, 6.45) is 28.9. The summed E-state index contributed by atoms with van der Waals surface area (Å²) in [6, 6.07) is 0. The predicted octanol–water partition coefficient (Wildman–Crippen LogP) is 9.39. The average molecular weight is 457 g/mol. The van der Waals surface area contributed by atoms with E-state index in [-0.39, 0.29) is 6.47 Å². The minimum Gasteiger partial charge on any atom is -0.483 e. The molecular weight excluding hydrogens is 394 g/mol. The first kappa shape index (κ1) is 33.6. The van der Waals surface area contributed by atoms with Crippen LogP contribution in [-0.4, -0.2) is 42.2 Å². The van der Waals surface area contributed by atoms with Crippen LogP contribution in [0.5, 0.6) is 0 Å². The Bertz CT molecular complexity index is 324. The molecule has 0 aliphatic carbocycles. The summed E-state index contributed by atoms with van der Waals surface area (Å²) in [5.74, 6) is 0. The van der Waals surface area contributed by atoms with E-state index in [1.807, 2.05) is 0 Å². The van der Waals surface area contributed by atoms with Crippen LogP contribution in [0.2, 0.25) is 0 Å². The Morgan fingerprint density at radius 2 is 0.656 bits per heavy atom. The van der Waals surface area contributed by atoms with Crippen LogP contribution in [0.1, 0.15) is 156 Å². The Hall–Kier alpha value is -0.570. The lowest BCUT2D eigenvalue weighted by atomic mass is 10.0. The smallest absolute Gasteiger partial charge is 0.290 e. The molecule has 0 aromatic rings. The van der Waals surface area contributed by atoms with Crippen molar-refractivity contribution in [2.75, 3.05) is 26.2 Å². The molecule has 0 fully saturated rings. The molecule has 194 valence electrons. The predicted molar refractivity (Wildman–Crippen MR) is 143 cm³/mol. The molecule has 0 bridgehead atoms. The SMILES string of the molecule is CCCCCCCCCCCCCCCC[N+](CCCC)(CCCC)CCCC.O=CO. The van der Waals surface area contributed by atoms with Gasteiger partial charge < -0.3 is 9.59 Å². The fourth-order valence-corrected chi connectivity index (χ4v) is 4.79. The normalized spacial score (nSPS) is 11.2. The highest BCUT2D eigenvalue weighted by Crippen LogP contribution is 2.18. The van der Waals surface area contributed by atoms with Gasteiger partial charge in [-0.1, -0.05) is 124 Å². The third-order valence-corrected chi connectivity index (χ3v) is 6.94. The summed E-state index contributed by atoms with van der Waals surface area (Å²) in [5.41, 5.74) is 0. The fraction of sp³-hybridized carbons (Fsp3) is 0.966. The van der Waals surface area contributed by atoms with E-state index in [0.717, 1.165) is 0 Å². The van der Waals surface area contributed by atoms with E-state index in [1.54, 1.807) is 0 Å². The number of quaternary nitrogens is 1. The second-order valence-corrected chi connectivity index (χ2v) is 10.00. The summed E-state index contributed by atoms with van der Waals surface area (Å²) in [7, 11) is 0. The van der Waals surface area contributed by atoms with Crippen LogP contribution in [-0.2, 0) is 4.79 Å². The number of hydrogen-bond acceptors (Lipinski definition) is 1. The minimum atomic E-state index is -0.250. The monoisotopic (exact) mass is 456 g/mol. The maximum Gasteiger partial charge on any atom is 0.290 e. The first-order valence-corrected chi connectivity index (χ1v) is 14.6. The number of nitrogens with zero attached hydrogens (tertiary/aromatic N) is 1. The van der Waals surface area contributed by atoms with Gasteiger partial charge in [-0.3, -0.25) is 4.79 Å². The Labute approximate surface area is 203 Å². The van der Waals surface area contributed by atoms with Crippen molar-refractivity contribution in [3.63, 3.8) is 0 Å². The number of unbranched alkanes of at least 4 members (excludes halogenated alkanes) is 16. The highest BCUT2D eigenvalue weighted by molar-refractivity contribution is 5.32. The molecule has 0 aliphatic heterocycles. The van der Waals surface area contributed by atoms with E-state index in [9.17, 15) is 0 Å². The maximum atomic E-state index is 8.36. The fourth-order valence-electron chi connectivity index (χ4n) is 4.79. The number of carbonyl (C=O) groups is 1. The molecule has 32 heavy (non-hydrogen) atoms. The third-order valence-electron chi connectivity index (χ3n) is 6.94. The van der Waals surface area contributed by atoms with Gasteiger partial charge in [-0.15, -0.1) is 0 Å². The Balaban J connectivity index is 0. The molecule has 0 aliphatic rings.